The predicted molar refractivity (Wildman–Crippen MR) is 108 cm³/mol. The van der Waals surface area contributed by atoms with Crippen molar-refractivity contribution < 1.29 is 72.1 Å². The molecule has 3 heterocycles. The largest absolute Gasteiger partial charge is 0.483 e. The molecule has 0 radical (unpaired) electrons. The molecule has 0 spiro atoms. The lowest BCUT2D eigenvalue weighted by Crippen LogP contribution is -2.58. The molecule has 11 atom stereocenters. The van der Waals surface area contributed by atoms with Crippen molar-refractivity contribution in [2.24, 2.45) is 0 Å². The lowest BCUT2D eigenvalue weighted by molar-refractivity contribution is -0.266. The number of phosphoric acid groups is 2. The van der Waals surface area contributed by atoms with Gasteiger partial charge < -0.3 is 49.6 Å². The van der Waals surface area contributed by atoms with Crippen molar-refractivity contribution in [3.8, 4) is 0 Å². The predicted octanol–water partition coefficient (Wildman–Crippen LogP) is -4.59. The quantitative estimate of drug-likeness (QED) is 0.103. The van der Waals surface area contributed by atoms with Gasteiger partial charge in [-0.3, -0.25) is 23.4 Å². The van der Waals surface area contributed by atoms with Crippen molar-refractivity contribution in [1.29, 1.82) is 0 Å². The van der Waals surface area contributed by atoms with E-state index in [4.69, 9.17) is 9.47 Å². The highest BCUT2D eigenvalue weighted by Gasteiger charge is 2.49. The van der Waals surface area contributed by atoms with Gasteiger partial charge in [0.25, 0.3) is 5.56 Å². The smallest absolute Gasteiger partial charge is 0.387 e. The Morgan fingerprint density at radius 1 is 0.972 bits per heavy atom. The molecule has 36 heavy (non-hydrogen) atoms. The van der Waals surface area contributed by atoms with Crippen LogP contribution < -0.4 is 11.2 Å². The van der Waals surface area contributed by atoms with Crippen LogP contribution in [0.15, 0.2) is 21.9 Å². The topological polar surface area (TPSA) is 294 Å². The standard InChI is InChI=1S/C15H22N2O17P2/c18-3-5-8(20)10(22)12(24)14(32-5)33-36(28,29)34-35(26,27)30-4-6-9(21)11(23)13(31-6)17-2-1-7(19)16-15(17)25/h1-3,5-6,8-14,20-24H,4H2,(H,26,27)(H,28,29)(H,16,19,25)/t5-,6+,8-,9-,10+,11-,12-,13+,14-/m1/s1. The zero-order chi connectivity index (χ0) is 27.0. The second-order valence-corrected chi connectivity index (χ2v) is 10.6. The number of carbonyl (C=O) groups excluding carboxylic acids is 1. The number of nitrogens with zero attached hydrogens (tertiary/aromatic N) is 1. The van der Waals surface area contributed by atoms with Gasteiger partial charge in [0, 0.05) is 12.3 Å². The Labute approximate surface area is 199 Å². The van der Waals surface area contributed by atoms with Gasteiger partial charge in [0.1, 0.15) is 42.7 Å². The summed E-state index contributed by atoms with van der Waals surface area (Å²) in [7, 11) is -11.1. The van der Waals surface area contributed by atoms with Crippen LogP contribution in [0, 0.1) is 0 Å². The van der Waals surface area contributed by atoms with Gasteiger partial charge in [-0.1, -0.05) is 0 Å². The highest BCUT2D eigenvalue weighted by molar-refractivity contribution is 7.61. The lowest BCUT2D eigenvalue weighted by atomic mass is 10.00. The minimum Gasteiger partial charge on any atom is -0.387 e. The molecule has 2 fully saturated rings. The Balaban J connectivity index is 1.62. The van der Waals surface area contributed by atoms with E-state index in [9.17, 15) is 58.8 Å². The Bertz CT molecular complexity index is 1160. The third kappa shape index (κ3) is 6.42. The molecule has 0 saturated carbocycles. The van der Waals surface area contributed by atoms with E-state index in [2.05, 4.69) is 13.4 Å². The van der Waals surface area contributed by atoms with Gasteiger partial charge in [-0.05, 0) is 0 Å². The van der Waals surface area contributed by atoms with Gasteiger partial charge in [0.15, 0.2) is 18.8 Å². The molecule has 0 bridgehead atoms. The van der Waals surface area contributed by atoms with Crippen LogP contribution in [0.4, 0.5) is 0 Å². The van der Waals surface area contributed by atoms with Crippen LogP contribution in [-0.2, 0) is 36.8 Å². The average molecular weight is 564 g/mol. The van der Waals surface area contributed by atoms with Crippen LogP contribution in [0.2, 0.25) is 0 Å². The zero-order valence-corrected chi connectivity index (χ0v) is 19.5. The SMILES string of the molecule is O=C[C@H]1O[C@H](OP(=O)(O)OP(=O)(O)OC[C@@H]2O[C@H](n3ccc(=O)[nH]c3=O)[C@H](O)[C@@H]2O)[C@H](O)[C@@H](O)[C@@H]1O. The third-order valence-corrected chi connectivity index (χ3v) is 7.65. The summed E-state index contributed by atoms with van der Waals surface area (Å²) in [5.41, 5.74) is -1.76. The number of rotatable bonds is 9. The lowest BCUT2D eigenvalue weighted by Gasteiger charge is -2.38. The number of phosphoric ester groups is 2. The summed E-state index contributed by atoms with van der Waals surface area (Å²) in [4.78, 5) is 55.3. The Hall–Kier alpha value is -1.67. The molecular formula is C15H22N2O17P2. The molecule has 0 aromatic carbocycles. The number of carbonyl (C=O) groups is 1. The fourth-order valence-corrected chi connectivity index (χ4v) is 5.43. The number of hydrogen-bond donors (Lipinski definition) is 8. The first-order chi connectivity index (χ1) is 16.7. The summed E-state index contributed by atoms with van der Waals surface area (Å²) in [6.07, 6.45) is -16.0. The number of aromatic nitrogens is 2. The number of aliphatic hydroxyl groups is 5. The van der Waals surface area contributed by atoms with Crippen molar-refractivity contribution in [3.05, 3.63) is 33.1 Å². The number of aliphatic hydroxyl groups excluding tert-OH is 5. The van der Waals surface area contributed by atoms with Crippen LogP contribution in [-0.4, -0.2) is 107 Å². The summed E-state index contributed by atoms with van der Waals surface area (Å²) >= 11 is 0. The van der Waals surface area contributed by atoms with Gasteiger partial charge >= 0.3 is 21.3 Å². The monoisotopic (exact) mass is 564 g/mol. The Morgan fingerprint density at radius 3 is 2.25 bits per heavy atom. The highest BCUT2D eigenvalue weighted by atomic mass is 31.3. The van der Waals surface area contributed by atoms with E-state index in [1.54, 1.807) is 0 Å². The van der Waals surface area contributed by atoms with Crippen molar-refractivity contribution in [2.45, 2.75) is 55.2 Å². The molecule has 2 aliphatic heterocycles. The number of aromatic amines is 1. The number of H-pyrrole nitrogens is 1. The summed E-state index contributed by atoms with van der Waals surface area (Å²) in [6.45, 7) is -1.04. The minimum absolute atomic E-state index is 0.00486. The molecule has 3 rings (SSSR count). The van der Waals surface area contributed by atoms with Gasteiger partial charge in [-0.2, -0.15) is 4.31 Å². The number of ether oxygens (including phenoxy) is 2. The van der Waals surface area contributed by atoms with Crippen molar-refractivity contribution >= 4 is 21.9 Å². The van der Waals surface area contributed by atoms with E-state index >= 15 is 0 Å². The summed E-state index contributed by atoms with van der Waals surface area (Å²) in [5.74, 6) is 0. The maximum absolute atomic E-state index is 12.1. The van der Waals surface area contributed by atoms with Gasteiger partial charge in [0.2, 0.25) is 0 Å². The molecule has 8 N–H and O–H groups in total. The molecule has 1 aromatic rings. The molecule has 1 aromatic heterocycles. The zero-order valence-electron chi connectivity index (χ0n) is 17.7. The first-order valence-electron chi connectivity index (χ1n) is 9.83. The van der Waals surface area contributed by atoms with Crippen LogP contribution >= 0.6 is 15.6 Å². The summed E-state index contributed by atoms with van der Waals surface area (Å²) in [5, 5.41) is 49.3. The van der Waals surface area contributed by atoms with E-state index in [0.29, 0.717) is 4.57 Å². The van der Waals surface area contributed by atoms with E-state index < -0.39 is 88.7 Å². The van der Waals surface area contributed by atoms with Crippen LogP contribution in [0.1, 0.15) is 6.23 Å². The molecule has 19 nitrogen and oxygen atoms in total. The minimum atomic E-state index is -5.63. The number of nitrogens with one attached hydrogen (secondary N) is 1. The van der Waals surface area contributed by atoms with E-state index in [0.717, 1.165) is 12.3 Å². The first kappa shape index (κ1) is 28.9. The van der Waals surface area contributed by atoms with E-state index in [1.165, 1.54) is 0 Å². The van der Waals surface area contributed by atoms with Gasteiger partial charge in [0.05, 0.1) is 6.61 Å². The van der Waals surface area contributed by atoms with Gasteiger partial charge in [-0.25, -0.2) is 13.9 Å². The highest BCUT2D eigenvalue weighted by Crippen LogP contribution is 2.61. The molecule has 2 unspecified atom stereocenters. The molecule has 2 saturated heterocycles. The maximum Gasteiger partial charge on any atom is 0.483 e. The van der Waals surface area contributed by atoms with Crippen LogP contribution in [0.5, 0.6) is 0 Å². The molecule has 0 aliphatic carbocycles. The summed E-state index contributed by atoms with van der Waals surface area (Å²) in [6, 6.07) is 0.923. The Morgan fingerprint density at radius 2 is 1.64 bits per heavy atom. The first-order valence-corrected chi connectivity index (χ1v) is 12.8. The van der Waals surface area contributed by atoms with E-state index in [1.807, 2.05) is 4.98 Å². The Kier molecular flexibility index (Phi) is 8.81. The third-order valence-electron chi connectivity index (χ3n) is 5.05. The molecular weight excluding hydrogens is 542 g/mol. The summed E-state index contributed by atoms with van der Waals surface area (Å²) < 4.78 is 47.8. The van der Waals surface area contributed by atoms with Crippen molar-refractivity contribution in [2.75, 3.05) is 6.61 Å². The van der Waals surface area contributed by atoms with Crippen molar-refractivity contribution in [1.82, 2.24) is 9.55 Å². The molecule has 21 heteroatoms. The fraction of sp³-hybridized carbons (Fsp3) is 0.667. The molecule has 0 amide bonds. The van der Waals surface area contributed by atoms with Crippen LogP contribution in [0.3, 0.4) is 0 Å². The number of aldehydes is 1. The van der Waals surface area contributed by atoms with Crippen molar-refractivity contribution in [3.63, 3.8) is 0 Å². The average Bonchev–Trinajstić information content (AvgIpc) is 3.06. The second kappa shape index (κ2) is 11.0. The second-order valence-electron chi connectivity index (χ2n) is 7.56. The van der Waals surface area contributed by atoms with Crippen LogP contribution in [0.25, 0.3) is 0 Å². The maximum atomic E-state index is 12.1. The van der Waals surface area contributed by atoms with Gasteiger partial charge in [-0.15, -0.1) is 0 Å². The normalized spacial score (nSPS) is 38.2. The molecule has 204 valence electrons. The molecule has 2 aliphatic rings. The van der Waals surface area contributed by atoms with E-state index in [-0.39, 0.29) is 6.29 Å². The fourth-order valence-electron chi connectivity index (χ4n) is 3.27. The number of hydrogen-bond acceptors (Lipinski definition) is 15.